The van der Waals surface area contributed by atoms with Gasteiger partial charge in [0.05, 0.1) is 24.0 Å². The lowest BCUT2D eigenvalue weighted by Crippen LogP contribution is -2.11. The number of carbonyl (C=O) groups is 1. The molecule has 0 atom stereocenters. The lowest BCUT2D eigenvalue weighted by atomic mass is 10.1. The Hall–Kier alpha value is -2.05. The van der Waals surface area contributed by atoms with Crippen LogP contribution in [0.3, 0.4) is 0 Å². The topological polar surface area (TPSA) is 87.6 Å². The van der Waals surface area contributed by atoms with Crippen molar-refractivity contribution < 1.29 is 23.0 Å². The van der Waals surface area contributed by atoms with Crippen LogP contribution in [0.1, 0.15) is 10.4 Å². The van der Waals surface area contributed by atoms with E-state index in [1.165, 1.54) is 12.1 Å². The number of rotatable bonds is 3. The molecule has 0 aliphatic heterocycles. The van der Waals surface area contributed by atoms with Crippen molar-refractivity contribution in [1.29, 1.82) is 0 Å². The number of hydrogen-bond donors (Lipinski definition) is 2. The van der Waals surface area contributed by atoms with Crippen molar-refractivity contribution in [3.63, 3.8) is 0 Å². The summed E-state index contributed by atoms with van der Waals surface area (Å²) in [4.78, 5) is 11.2. The van der Waals surface area contributed by atoms with Gasteiger partial charge in [-0.15, -0.1) is 0 Å². The van der Waals surface area contributed by atoms with Crippen LogP contribution in [0.4, 0.5) is 20.2 Å². The minimum absolute atomic E-state index is 0.0765. The minimum atomic E-state index is -3.07. The van der Waals surface area contributed by atoms with Crippen LogP contribution >= 0.6 is 0 Å². The first kappa shape index (κ1) is 12.0. The maximum absolute atomic E-state index is 12.0. The summed E-state index contributed by atoms with van der Waals surface area (Å²) < 4.78 is 32.6. The van der Waals surface area contributed by atoms with Crippen molar-refractivity contribution in [2.75, 3.05) is 18.6 Å². The molecule has 0 aliphatic carbocycles. The molecule has 0 aliphatic rings. The van der Waals surface area contributed by atoms with Crippen molar-refractivity contribution in [1.82, 2.24) is 0 Å². The zero-order valence-electron chi connectivity index (χ0n) is 8.37. The van der Waals surface area contributed by atoms with Crippen molar-refractivity contribution in [3.8, 4) is 5.75 Å². The van der Waals surface area contributed by atoms with E-state index in [0.717, 1.165) is 7.11 Å². The van der Waals surface area contributed by atoms with E-state index in [1.54, 1.807) is 0 Å². The standard InChI is InChI=1S/C9H10F2N2O3/c1-15-8(14)4-2-3-5(12)7(6(4)13)16-9(10)11/h2-3,9H,12-13H2,1H3. The van der Waals surface area contributed by atoms with Crippen LogP contribution in [0.25, 0.3) is 0 Å². The number of benzene rings is 1. The Labute approximate surface area is 89.9 Å². The van der Waals surface area contributed by atoms with Gasteiger partial charge >= 0.3 is 12.6 Å². The van der Waals surface area contributed by atoms with Gasteiger partial charge in [0.15, 0.2) is 5.75 Å². The quantitative estimate of drug-likeness (QED) is 0.604. The van der Waals surface area contributed by atoms with Gasteiger partial charge in [-0.05, 0) is 12.1 Å². The molecule has 0 unspecified atom stereocenters. The van der Waals surface area contributed by atoms with Crippen LogP contribution in [-0.2, 0) is 4.74 Å². The van der Waals surface area contributed by atoms with Gasteiger partial charge in [-0.2, -0.15) is 8.78 Å². The fourth-order valence-electron chi connectivity index (χ4n) is 1.12. The molecule has 0 aromatic heterocycles. The highest BCUT2D eigenvalue weighted by Gasteiger charge is 2.18. The fourth-order valence-corrected chi connectivity index (χ4v) is 1.12. The number of carbonyl (C=O) groups excluding carboxylic acids is 1. The molecule has 1 aromatic carbocycles. The molecular weight excluding hydrogens is 222 g/mol. The third kappa shape index (κ3) is 2.30. The number of halogens is 2. The summed E-state index contributed by atoms with van der Waals surface area (Å²) in [6.07, 6.45) is 0. The molecule has 0 fully saturated rings. The Balaban J connectivity index is 3.21. The molecule has 0 radical (unpaired) electrons. The highest BCUT2D eigenvalue weighted by molar-refractivity contribution is 5.98. The number of methoxy groups -OCH3 is 1. The van der Waals surface area contributed by atoms with Gasteiger partial charge < -0.3 is 20.9 Å². The predicted molar refractivity (Wildman–Crippen MR) is 53.2 cm³/mol. The number of esters is 1. The van der Waals surface area contributed by atoms with Crippen LogP contribution in [0, 0.1) is 0 Å². The summed E-state index contributed by atoms with van der Waals surface area (Å²) in [5.41, 5.74) is 10.4. The van der Waals surface area contributed by atoms with Gasteiger partial charge in [0, 0.05) is 0 Å². The zero-order chi connectivity index (χ0) is 12.3. The van der Waals surface area contributed by atoms with E-state index in [4.69, 9.17) is 11.5 Å². The highest BCUT2D eigenvalue weighted by Crippen LogP contribution is 2.33. The molecule has 0 heterocycles. The first-order valence-corrected chi connectivity index (χ1v) is 4.18. The number of anilines is 2. The van der Waals surface area contributed by atoms with Gasteiger partial charge in [-0.3, -0.25) is 0 Å². The average Bonchev–Trinajstić information content (AvgIpc) is 2.23. The molecule has 1 aromatic rings. The Bertz CT molecular complexity index is 410. The largest absolute Gasteiger partial charge is 0.465 e. The molecule has 4 N–H and O–H groups in total. The molecule has 0 saturated heterocycles. The van der Waals surface area contributed by atoms with Gasteiger partial charge in [0.1, 0.15) is 0 Å². The lowest BCUT2D eigenvalue weighted by molar-refractivity contribution is -0.0488. The van der Waals surface area contributed by atoms with Crippen LogP contribution in [0.15, 0.2) is 12.1 Å². The van der Waals surface area contributed by atoms with Gasteiger partial charge in [-0.1, -0.05) is 0 Å². The van der Waals surface area contributed by atoms with Crippen LogP contribution in [0.2, 0.25) is 0 Å². The summed E-state index contributed by atoms with van der Waals surface area (Å²) in [7, 11) is 1.14. The first-order chi connectivity index (χ1) is 7.47. The number of nitrogens with two attached hydrogens (primary N) is 2. The highest BCUT2D eigenvalue weighted by atomic mass is 19.3. The SMILES string of the molecule is COC(=O)c1ccc(N)c(OC(F)F)c1N. The Morgan fingerprint density at radius 1 is 1.38 bits per heavy atom. The van der Waals surface area contributed by atoms with Gasteiger partial charge in [0.25, 0.3) is 0 Å². The van der Waals surface area contributed by atoms with Crippen LogP contribution in [0.5, 0.6) is 5.75 Å². The number of nitrogen functional groups attached to an aromatic ring is 2. The Kier molecular flexibility index (Phi) is 3.49. The van der Waals surface area contributed by atoms with E-state index < -0.39 is 18.3 Å². The number of ether oxygens (including phenoxy) is 2. The third-order valence-electron chi connectivity index (χ3n) is 1.84. The van der Waals surface area contributed by atoms with Crippen molar-refractivity contribution >= 4 is 17.3 Å². The molecule has 88 valence electrons. The van der Waals surface area contributed by atoms with E-state index in [-0.39, 0.29) is 16.9 Å². The third-order valence-corrected chi connectivity index (χ3v) is 1.84. The molecule has 1 rings (SSSR count). The summed E-state index contributed by atoms with van der Waals surface area (Å²) in [6.45, 7) is -3.07. The summed E-state index contributed by atoms with van der Waals surface area (Å²) in [5, 5.41) is 0. The molecule has 0 spiro atoms. The van der Waals surface area contributed by atoms with E-state index in [1.807, 2.05) is 0 Å². The second kappa shape index (κ2) is 4.65. The predicted octanol–water partition coefficient (Wildman–Crippen LogP) is 1.24. The van der Waals surface area contributed by atoms with Crippen LogP contribution in [-0.4, -0.2) is 19.7 Å². The second-order valence-electron chi connectivity index (χ2n) is 2.82. The fraction of sp³-hybridized carbons (Fsp3) is 0.222. The molecule has 5 nitrogen and oxygen atoms in total. The van der Waals surface area contributed by atoms with Crippen molar-refractivity contribution in [3.05, 3.63) is 17.7 Å². The number of alkyl halides is 2. The second-order valence-corrected chi connectivity index (χ2v) is 2.82. The van der Waals surface area contributed by atoms with Gasteiger partial charge in [0.2, 0.25) is 0 Å². The maximum Gasteiger partial charge on any atom is 0.387 e. The molecule has 0 bridgehead atoms. The van der Waals surface area contributed by atoms with Crippen molar-refractivity contribution in [2.45, 2.75) is 6.61 Å². The van der Waals surface area contributed by atoms with E-state index in [0.29, 0.717) is 0 Å². The average molecular weight is 232 g/mol. The van der Waals surface area contributed by atoms with Crippen molar-refractivity contribution in [2.24, 2.45) is 0 Å². The normalized spacial score (nSPS) is 10.2. The smallest absolute Gasteiger partial charge is 0.387 e. The molecule has 0 amide bonds. The summed E-state index contributed by atoms with van der Waals surface area (Å²) in [6, 6.07) is 2.51. The zero-order valence-corrected chi connectivity index (χ0v) is 8.37. The lowest BCUT2D eigenvalue weighted by Gasteiger charge is -2.12. The monoisotopic (exact) mass is 232 g/mol. The molecular formula is C9H10F2N2O3. The van der Waals surface area contributed by atoms with E-state index in [2.05, 4.69) is 9.47 Å². The maximum atomic E-state index is 12.0. The van der Waals surface area contributed by atoms with E-state index >= 15 is 0 Å². The molecule has 0 saturated carbocycles. The Morgan fingerprint density at radius 3 is 2.50 bits per heavy atom. The van der Waals surface area contributed by atoms with E-state index in [9.17, 15) is 13.6 Å². The van der Waals surface area contributed by atoms with Gasteiger partial charge in [-0.25, -0.2) is 4.79 Å². The molecule has 7 heteroatoms. The Morgan fingerprint density at radius 2 is 2.00 bits per heavy atom. The number of hydrogen-bond acceptors (Lipinski definition) is 5. The summed E-state index contributed by atoms with van der Waals surface area (Å²) >= 11 is 0. The first-order valence-electron chi connectivity index (χ1n) is 4.18. The minimum Gasteiger partial charge on any atom is -0.465 e. The van der Waals surface area contributed by atoms with Crippen LogP contribution < -0.4 is 16.2 Å². The summed E-state index contributed by atoms with van der Waals surface area (Å²) in [5.74, 6) is -1.17. The molecule has 16 heavy (non-hydrogen) atoms.